The monoisotopic (exact) mass is 294 g/mol. The van der Waals surface area contributed by atoms with Gasteiger partial charge in [0, 0.05) is 32.3 Å². The van der Waals surface area contributed by atoms with E-state index < -0.39 is 5.60 Å². The first kappa shape index (κ1) is 17.3. The highest BCUT2D eigenvalue weighted by molar-refractivity contribution is 5.68. The van der Waals surface area contributed by atoms with E-state index in [1.165, 1.54) is 4.90 Å². The van der Waals surface area contributed by atoms with Gasteiger partial charge in [0.2, 0.25) is 6.41 Å². The van der Waals surface area contributed by atoms with E-state index in [1.54, 1.807) is 18.1 Å². The maximum absolute atomic E-state index is 12.0. The second kappa shape index (κ2) is 7.29. The smallest absolute Gasteiger partial charge is 0.410 e. The number of carbonyl (C=O) groups is 2. The summed E-state index contributed by atoms with van der Waals surface area (Å²) < 4.78 is 5.39. The third-order valence-corrected chi connectivity index (χ3v) is 3.31. The van der Waals surface area contributed by atoms with Crippen molar-refractivity contribution in [3.63, 3.8) is 0 Å². The van der Waals surface area contributed by atoms with Gasteiger partial charge in [-0.15, -0.1) is 0 Å². The van der Waals surface area contributed by atoms with Crippen LogP contribution in [0.3, 0.4) is 0 Å². The summed E-state index contributed by atoms with van der Waals surface area (Å²) in [5.41, 5.74) is 0.667. The molecule has 0 bridgehead atoms. The van der Waals surface area contributed by atoms with Crippen molar-refractivity contribution in [2.75, 3.05) is 20.1 Å². The molecule has 0 aromatic rings. The van der Waals surface area contributed by atoms with E-state index in [2.05, 4.69) is 0 Å². The normalized spacial score (nSPS) is 20.0. The first-order valence-electron chi connectivity index (χ1n) is 7.26. The Morgan fingerprint density at radius 2 is 2.05 bits per heavy atom. The van der Waals surface area contributed by atoms with E-state index in [4.69, 9.17) is 4.74 Å². The molecule has 1 heterocycles. The Bertz CT molecular complexity index is 435. The lowest BCUT2D eigenvalue weighted by Crippen LogP contribution is -2.35. The summed E-state index contributed by atoms with van der Waals surface area (Å²) in [5, 5.41) is 0. The zero-order valence-electron chi connectivity index (χ0n) is 13.6. The summed E-state index contributed by atoms with van der Waals surface area (Å²) in [5.74, 6) is 0.291. The molecule has 1 saturated heterocycles. The van der Waals surface area contributed by atoms with Crippen LogP contribution in [-0.2, 0) is 9.53 Å². The quantitative estimate of drug-likeness (QED) is 0.592. The molecule has 0 aromatic carbocycles. The van der Waals surface area contributed by atoms with Crippen molar-refractivity contribution in [2.45, 2.75) is 39.7 Å². The van der Waals surface area contributed by atoms with Gasteiger partial charge in [-0.3, -0.25) is 4.79 Å². The molecule has 0 radical (unpaired) electrons. The minimum Gasteiger partial charge on any atom is -0.444 e. The zero-order valence-corrected chi connectivity index (χ0v) is 13.6. The van der Waals surface area contributed by atoms with Crippen LogP contribution < -0.4 is 0 Å². The van der Waals surface area contributed by atoms with Gasteiger partial charge in [0.05, 0.1) is 0 Å². The average molecular weight is 294 g/mol. The fourth-order valence-corrected chi connectivity index (χ4v) is 2.23. The highest BCUT2D eigenvalue weighted by Gasteiger charge is 2.30. The van der Waals surface area contributed by atoms with Crippen LogP contribution in [0.1, 0.15) is 34.1 Å². The lowest BCUT2D eigenvalue weighted by atomic mass is 9.98. The number of hydrogen-bond donors (Lipinski definition) is 0. The molecule has 1 aliphatic rings. The van der Waals surface area contributed by atoms with Crippen molar-refractivity contribution >= 4 is 12.5 Å². The van der Waals surface area contributed by atoms with Gasteiger partial charge in [-0.2, -0.15) is 0 Å². The Labute approximate surface area is 127 Å². The number of hydrogen-bond acceptors (Lipinski definition) is 3. The lowest BCUT2D eigenvalue weighted by molar-refractivity contribution is -0.115. The second-order valence-corrected chi connectivity index (χ2v) is 6.29. The number of carbonyl (C=O) groups excluding carboxylic acids is 2. The molecule has 21 heavy (non-hydrogen) atoms. The van der Waals surface area contributed by atoms with Crippen LogP contribution in [0, 0.1) is 5.92 Å². The molecule has 0 saturated carbocycles. The van der Waals surface area contributed by atoms with Gasteiger partial charge >= 0.3 is 6.09 Å². The molecule has 2 amide bonds. The predicted octanol–water partition coefficient (Wildman–Crippen LogP) is 2.79. The van der Waals surface area contributed by atoms with Gasteiger partial charge in [0.25, 0.3) is 0 Å². The van der Waals surface area contributed by atoms with Crippen molar-refractivity contribution in [1.82, 2.24) is 9.80 Å². The Morgan fingerprint density at radius 1 is 1.38 bits per heavy atom. The number of amides is 2. The van der Waals surface area contributed by atoms with Crippen LogP contribution in [-0.4, -0.2) is 48.0 Å². The van der Waals surface area contributed by atoms with Crippen molar-refractivity contribution < 1.29 is 14.3 Å². The summed E-state index contributed by atoms with van der Waals surface area (Å²) >= 11 is 0. The van der Waals surface area contributed by atoms with E-state index in [1.807, 2.05) is 39.8 Å². The van der Waals surface area contributed by atoms with Gasteiger partial charge in [-0.05, 0) is 45.8 Å². The van der Waals surface area contributed by atoms with E-state index in [0.717, 1.165) is 18.4 Å². The number of rotatable bonds is 4. The molecule has 1 atom stereocenters. The Morgan fingerprint density at radius 3 is 2.57 bits per heavy atom. The number of ether oxygens (including phenoxy) is 1. The van der Waals surface area contributed by atoms with E-state index in [0.29, 0.717) is 19.0 Å². The van der Waals surface area contributed by atoms with Gasteiger partial charge < -0.3 is 14.5 Å². The summed E-state index contributed by atoms with van der Waals surface area (Å²) in [6.45, 7) is 8.93. The zero-order chi connectivity index (χ0) is 16.0. The van der Waals surface area contributed by atoms with E-state index in [-0.39, 0.29) is 6.09 Å². The molecule has 1 fully saturated rings. The standard InChI is InChI=1S/C16H26N2O3/c1-6-13(7-9-17(5)12-19)14-8-10-18(11-14)15(20)21-16(2,3)4/h6-7,9,12,14H,8,10-11H2,1-5H3/b9-7-,13-6+. The molecular weight excluding hydrogens is 268 g/mol. The number of nitrogens with zero attached hydrogens (tertiary/aromatic N) is 2. The van der Waals surface area contributed by atoms with Crippen LogP contribution >= 0.6 is 0 Å². The fourth-order valence-electron chi connectivity index (χ4n) is 2.23. The number of likely N-dealkylation sites (tertiary alicyclic amines) is 1. The minimum absolute atomic E-state index is 0.255. The molecule has 1 aliphatic heterocycles. The predicted molar refractivity (Wildman–Crippen MR) is 82.6 cm³/mol. The highest BCUT2D eigenvalue weighted by Crippen LogP contribution is 2.26. The average Bonchev–Trinajstić information content (AvgIpc) is 2.87. The summed E-state index contributed by atoms with van der Waals surface area (Å²) in [7, 11) is 1.69. The van der Waals surface area contributed by atoms with Gasteiger partial charge in [0.1, 0.15) is 5.60 Å². The van der Waals surface area contributed by atoms with Crippen LogP contribution in [0.2, 0.25) is 0 Å². The first-order valence-corrected chi connectivity index (χ1v) is 7.26. The van der Waals surface area contributed by atoms with Crippen LogP contribution in [0.15, 0.2) is 23.9 Å². The largest absolute Gasteiger partial charge is 0.444 e. The number of allylic oxidation sites excluding steroid dienone is 2. The van der Waals surface area contributed by atoms with Crippen LogP contribution in [0.4, 0.5) is 4.79 Å². The van der Waals surface area contributed by atoms with Crippen molar-refractivity contribution in [3.05, 3.63) is 23.9 Å². The molecular formula is C16H26N2O3. The van der Waals surface area contributed by atoms with Crippen molar-refractivity contribution in [1.29, 1.82) is 0 Å². The first-order chi connectivity index (χ1) is 9.76. The second-order valence-electron chi connectivity index (χ2n) is 6.29. The Kier molecular flexibility index (Phi) is 6.00. The molecule has 1 rings (SSSR count). The molecule has 118 valence electrons. The topological polar surface area (TPSA) is 49.9 Å². The van der Waals surface area contributed by atoms with Crippen LogP contribution in [0.25, 0.3) is 0 Å². The molecule has 0 N–H and O–H groups in total. The SMILES string of the molecule is C/C=C(\C=C/N(C)C=O)C1CCN(C(=O)OC(C)(C)C)C1. The van der Waals surface area contributed by atoms with Crippen molar-refractivity contribution in [3.8, 4) is 0 Å². The van der Waals surface area contributed by atoms with Gasteiger partial charge in [0.15, 0.2) is 0 Å². The fraction of sp³-hybridized carbons (Fsp3) is 0.625. The van der Waals surface area contributed by atoms with Gasteiger partial charge in [-0.1, -0.05) is 6.08 Å². The lowest BCUT2D eigenvalue weighted by Gasteiger charge is -2.24. The molecule has 5 heteroatoms. The van der Waals surface area contributed by atoms with Crippen LogP contribution in [0.5, 0.6) is 0 Å². The summed E-state index contributed by atoms with van der Waals surface area (Å²) in [4.78, 5) is 25.8. The molecule has 5 nitrogen and oxygen atoms in total. The third-order valence-electron chi connectivity index (χ3n) is 3.31. The minimum atomic E-state index is -0.467. The summed E-state index contributed by atoms with van der Waals surface area (Å²) in [6.07, 6.45) is 7.10. The third kappa shape index (κ3) is 5.61. The molecule has 0 aromatic heterocycles. The maximum atomic E-state index is 12.0. The Balaban J connectivity index is 2.62. The molecule has 1 unspecified atom stereocenters. The maximum Gasteiger partial charge on any atom is 0.410 e. The van der Waals surface area contributed by atoms with E-state index in [9.17, 15) is 9.59 Å². The Hall–Kier alpha value is -1.78. The van der Waals surface area contributed by atoms with E-state index >= 15 is 0 Å². The van der Waals surface area contributed by atoms with Gasteiger partial charge in [-0.25, -0.2) is 4.79 Å². The summed E-state index contributed by atoms with van der Waals surface area (Å²) in [6, 6.07) is 0. The molecule has 0 aliphatic carbocycles. The highest BCUT2D eigenvalue weighted by atomic mass is 16.6. The molecule has 0 spiro atoms. The van der Waals surface area contributed by atoms with Crippen molar-refractivity contribution in [2.24, 2.45) is 5.92 Å².